The van der Waals surface area contributed by atoms with Crippen molar-refractivity contribution in [1.82, 2.24) is 9.97 Å². The van der Waals surface area contributed by atoms with E-state index in [4.69, 9.17) is 11.6 Å². The van der Waals surface area contributed by atoms with Crippen LogP contribution in [0.3, 0.4) is 0 Å². The van der Waals surface area contributed by atoms with Gasteiger partial charge in [-0.05, 0) is 37.3 Å². The second-order valence-electron chi connectivity index (χ2n) is 5.50. The summed E-state index contributed by atoms with van der Waals surface area (Å²) in [5.74, 6) is -4.74. The third-order valence-electron chi connectivity index (χ3n) is 3.45. The Balaban J connectivity index is 1.85. The first-order valence-electron chi connectivity index (χ1n) is 7.66. The van der Waals surface area contributed by atoms with Crippen LogP contribution in [-0.4, -0.2) is 15.9 Å². The maximum absolute atomic E-state index is 13.7. The molecule has 0 spiro atoms. The molecule has 3 rings (SSSR count). The summed E-state index contributed by atoms with van der Waals surface area (Å²) in [5.41, 5.74) is 0.0503. The van der Waals surface area contributed by atoms with E-state index < -0.39 is 29.0 Å². The molecule has 0 aliphatic heterocycles. The highest BCUT2D eigenvalue weighted by atomic mass is 35.5. The maximum Gasteiger partial charge on any atom is 0.274 e. The first-order valence-corrected chi connectivity index (χ1v) is 8.04. The van der Waals surface area contributed by atoms with Crippen molar-refractivity contribution in [2.75, 3.05) is 10.6 Å². The van der Waals surface area contributed by atoms with Crippen LogP contribution in [0.2, 0.25) is 5.02 Å². The van der Waals surface area contributed by atoms with Crippen LogP contribution in [-0.2, 0) is 0 Å². The molecule has 2 N–H and O–H groups in total. The number of anilines is 3. The standard InChI is InChI=1S/C18H12ClF3N4O/c1-9-23-14(8-15(24-9)25-11-4-2-3-10(19)7-11)18(27)26-13-6-5-12(20)16(21)17(13)22/h2-8H,1H3,(H,26,27)(H,23,24,25). The molecule has 0 saturated carbocycles. The minimum atomic E-state index is -1.67. The Morgan fingerprint density at radius 3 is 2.56 bits per heavy atom. The lowest BCUT2D eigenvalue weighted by Gasteiger charge is -2.10. The summed E-state index contributed by atoms with van der Waals surface area (Å²) in [4.78, 5) is 20.5. The van der Waals surface area contributed by atoms with E-state index in [0.29, 0.717) is 22.6 Å². The number of nitrogens with zero attached hydrogens (tertiary/aromatic N) is 2. The monoisotopic (exact) mass is 392 g/mol. The van der Waals surface area contributed by atoms with E-state index in [0.717, 1.165) is 6.07 Å². The number of halogens is 4. The highest BCUT2D eigenvalue weighted by Gasteiger charge is 2.17. The molecule has 0 saturated heterocycles. The molecule has 0 atom stereocenters. The van der Waals surface area contributed by atoms with E-state index in [1.807, 2.05) is 0 Å². The number of aromatic nitrogens is 2. The Morgan fingerprint density at radius 2 is 1.81 bits per heavy atom. The Hall–Kier alpha value is -3.13. The van der Waals surface area contributed by atoms with E-state index in [2.05, 4.69) is 20.6 Å². The van der Waals surface area contributed by atoms with Gasteiger partial charge in [-0.25, -0.2) is 23.1 Å². The van der Waals surface area contributed by atoms with Crippen molar-refractivity contribution < 1.29 is 18.0 Å². The van der Waals surface area contributed by atoms with Gasteiger partial charge in [0, 0.05) is 16.8 Å². The van der Waals surface area contributed by atoms with Gasteiger partial charge in [0.05, 0.1) is 5.69 Å². The lowest BCUT2D eigenvalue weighted by molar-refractivity contribution is 0.102. The third-order valence-corrected chi connectivity index (χ3v) is 3.69. The molecule has 0 bridgehead atoms. The van der Waals surface area contributed by atoms with Gasteiger partial charge in [0.1, 0.15) is 17.3 Å². The molecule has 1 aromatic heterocycles. The fraction of sp³-hybridized carbons (Fsp3) is 0.0556. The normalized spacial score (nSPS) is 10.6. The summed E-state index contributed by atoms with van der Waals surface area (Å²) >= 11 is 5.92. The number of carbonyl (C=O) groups is 1. The summed E-state index contributed by atoms with van der Waals surface area (Å²) < 4.78 is 40.0. The van der Waals surface area contributed by atoms with Crippen molar-refractivity contribution in [1.29, 1.82) is 0 Å². The van der Waals surface area contributed by atoms with Gasteiger partial charge in [-0.3, -0.25) is 4.79 Å². The van der Waals surface area contributed by atoms with E-state index >= 15 is 0 Å². The van der Waals surface area contributed by atoms with Gasteiger partial charge in [-0.2, -0.15) is 0 Å². The van der Waals surface area contributed by atoms with Crippen molar-refractivity contribution in [3.8, 4) is 0 Å². The van der Waals surface area contributed by atoms with E-state index in [1.165, 1.54) is 6.07 Å². The van der Waals surface area contributed by atoms with Crippen molar-refractivity contribution >= 4 is 34.7 Å². The van der Waals surface area contributed by atoms with Crippen LogP contribution in [0, 0.1) is 24.4 Å². The van der Waals surface area contributed by atoms with Gasteiger partial charge in [0.2, 0.25) is 0 Å². The van der Waals surface area contributed by atoms with E-state index in [9.17, 15) is 18.0 Å². The highest BCUT2D eigenvalue weighted by Crippen LogP contribution is 2.22. The van der Waals surface area contributed by atoms with Crippen molar-refractivity contribution in [3.05, 3.63) is 76.5 Å². The minimum Gasteiger partial charge on any atom is -0.340 e. The van der Waals surface area contributed by atoms with Crippen LogP contribution in [0.1, 0.15) is 16.3 Å². The van der Waals surface area contributed by atoms with Crippen molar-refractivity contribution in [2.45, 2.75) is 6.92 Å². The molecule has 138 valence electrons. The van der Waals surface area contributed by atoms with Gasteiger partial charge in [-0.1, -0.05) is 17.7 Å². The number of hydrogen-bond acceptors (Lipinski definition) is 4. The summed E-state index contributed by atoms with van der Waals surface area (Å²) in [7, 11) is 0. The smallest absolute Gasteiger partial charge is 0.274 e. The van der Waals surface area contributed by atoms with Crippen LogP contribution in [0.25, 0.3) is 0 Å². The first-order chi connectivity index (χ1) is 12.8. The molecule has 0 radical (unpaired) electrons. The molecule has 1 heterocycles. The fourth-order valence-corrected chi connectivity index (χ4v) is 2.46. The Labute approximate surface area is 157 Å². The summed E-state index contributed by atoms with van der Waals surface area (Å²) in [6, 6.07) is 9.82. The number of rotatable bonds is 4. The lowest BCUT2D eigenvalue weighted by atomic mass is 10.2. The highest BCUT2D eigenvalue weighted by molar-refractivity contribution is 6.30. The average Bonchev–Trinajstić information content (AvgIpc) is 2.61. The van der Waals surface area contributed by atoms with Gasteiger partial charge in [0.25, 0.3) is 5.91 Å². The largest absolute Gasteiger partial charge is 0.340 e. The molecule has 1 amide bonds. The number of nitrogens with one attached hydrogen (secondary N) is 2. The van der Waals surface area contributed by atoms with E-state index in [-0.39, 0.29) is 11.5 Å². The number of hydrogen-bond donors (Lipinski definition) is 2. The summed E-state index contributed by atoms with van der Waals surface area (Å²) in [6.07, 6.45) is 0. The molecule has 3 aromatic rings. The Bertz CT molecular complexity index is 1030. The lowest BCUT2D eigenvalue weighted by Crippen LogP contribution is -2.16. The molecular weight excluding hydrogens is 381 g/mol. The van der Waals surface area contributed by atoms with Crippen LogP contribution >= 0.6 is 11.6 Å². The minimum absolute atomic E-state index is 0.0869. The first kappa shape index (κ1) is 18.7. The quantitative estimate of drug-likeness (QED) is 0.623. The molecule has 27 heavy (non-hydrogen) atoms. The molecule has 0 fully saturated rings. The number of amides is 1. The number of carbonyl (C=O) groups excluding carboxylic acids is 1. The maximum atomic E-state index is 13.7. The van der Waals surface area contributed by atoms with Crippen LogP contribution in [0.5, 0.6) is 0 Å². The number of aryl methyl sites for hydroxylation is 1. The zero-order valence-electron chi connectivity index (χ0n) is 13.9. The van der Waals surface area contributed by atoms with Crippen LogP contribution < -0.4 is 10.6 Å². The van der Waals surface area contributed by atoms with Gasteiger partial charge >= 0.3 is 0 Å². The number of benzene rings is 2. The molecule has 0 aliphatic rings. The van der Waals surface area contributed by atoms with Gasteiger partial charge in [-0.15, -0.1) is 0 Å². The predicted molar refractivity (Wildman–Crippen MR) is 95.8 cm³/mol. The zero-order valence-corrected chi connectivity index (χ0v) is 14.6. The van der Waals surface area contributed by atoms with E-state index in [1.54, 1.807) is 31.2 Å². The molecule has 0 aliphatic carbocycles. The van der Waals surface area contributed by atoms with Crippen LogP contribution in [0.15, 0.2) is 42.5 Å². The van der Waals surface area contributed by atoms with Crippen LogP contribution in [0.4, 0.5) is 30.4 Å². The Kier molecular flexibility index (Phi) is 5.27. The molecule has 9 heteroatoms. The second kappa shape index (κ2) is 7.63. The zero-order chi connectivity index (χ0) is 19.6. The van der Waals surface area contributed by atoms with Gasteiger partial charge in [0.15, 0.2) is 17.5 Å². The SMILES string of the molecule is Cc1nc(Nc2cccc(Cl)c2)cc(C(=O)Nc2ccc(F)c(F)c2F)n1. The molecule has 0 unspecified atom stereocenters. The fourth-order valence-electron chi connectivity index (χ4n) is 2.27. The second-order valence-corrected chi connectivity index (χ2v) is 5.93. The third kappa shape index (κ3) is 4.35. The predicted octanol–water partition coefficient (Wildman–Crippen LogP) is 4.85. The van der Waals surface area contributed by atoms with Gasteiger partial charge < -0.3 is 10.6 Å². The average molecular weight is 393 g/mol. The summed E-state index contributed by atoms with van der Waals surface area (Å²) in [5, 5.41) is 5.65. The van der Waals surface area contributed by atoms with Crippen molar-refractivity contribution in [2.24, 2.45) is 0 Å². The molecular formula is C18H12ClF3N4O. The molecule has 5 nitrogen and oxygen atoms in total. The topological polar surface area (TPSA) is 66.9 Å². The molecule has 2 aromatic carbocycles. The summed E-state index contributed by atoms with van der Waals surface area (Å²) in [6.45, 7) is 1.57. The van der Waals surface area contributed by atoms with Crippen molar-refractivity contribution in [3.63, 3.8) is 0 Å². The Morgan fingerprint density at radius 1 is 1.04 bits per heavy atom.